The van der Waals surface area contributed by atoms with Gasteiger partial charge in [-0.1, -0.05) is 0 Å². The molecule has 32 heavy (non-hydrogen) atoms. The number of carbonyl (C=O) groups is 2. The largest absolute Gasteiger partial charge is 0.489 e. The second kappa shape index (κ2) is 7.81. The highest BCUT2D eigenvalue weighted by Gasteiger charge is 2.42. The monoisotopic (exact) mass is 463 g/mol. The summed E-state index contributed by atoms with van der Waals surface area (Å²) in [5.41, 5.74) is -0.217. The van der Waals surface area contributed by atoms with Crippen molar-refractivity contribution in [1.29, 1.82) is 5.26 Å². The molecule has 2 amide bonds. The van der Waals surface area contributed by atoms with Gasteiger partial charge in [-0.25, -0.2) is 22.3 Å². The fraction of sp³-hybridized carbons (Fsp3) is 0.316. The van der Waals surface area contributed by atoms with Gasteiger partial charge in [-0.15, -0.1) is 0 Å². The van der Waals surface area contributed by atoms with E-state index in [-0.39, 0.29) is 47.3 Å². The molecular weight excluding hydrogens is 445 g/mol. The lowest BCUT2D eigenvalue weighted by molar-refractivity contribution is 0.101. The van der Waals surface area contributed by atoms with Crippen molar-refractivity contribution in [3.8, 4) is 11.8 Å². The molecule has 4 rings (SSSR count). The van der Waals surface area contributed by atoms with Crippen molar-refractivity contribution >= 4 is 27.7 Å². The van der Waals surface area contributed by atoms with Crippen LogP contribution in [0.25, 0.3) is 0 Å². The van der Waals surface area contributed by atoms with Crippen molar-refractivity contribution in [2.45, 2.75) is 10.9 Å². The van der Waals surface area contributed by atoms with Crippen LogP contribution in [0.1, 0.15) is 16.1 Å². The maximum Gasteiger partial charge on any atom is 0.407 e. The van der Waals surface area contributed by atoms with E-state index in [1.807, 2.05) is 0 Å². The minimum absolute atomic E-state index is 0.0100. The number of hydrogen-bond acceptors (Lipinski definition) is 6. The van der Waals surface area contributed by atoms with Crippen LogP contribution in [0.5, 0.6) is 5.75 Å². The minimum atomic E-state index is -4.12. The van der Waals surface area contributed by atoms with E-state index in [0.717, 1.165) is 17.0 Å². The molecule has 0 bridgehead atoms. The van der Waals surface area contributed by atoms with E-state index < -0.39 is 39.8 Å². The quantitative estimate of drug-likeness (QED) is 0.599. The van der Waals surface area contributed by atoms with Crippen LogP contribution in [0.4, 0.5) is 14.9 Å². The van der Waals surface area contributed by atoms with E-state index in [9.17, 15) is 27.5 Å². The van der Waals surface area contributed by atoms with Gasteiger partial charge in [0.25, 0.3) is 5.91 Å². The SMILES string of the molecule is Cn1cc2c(c1C(=O)Nc1ccc(F)c(C#N)c1)OCC1CN(C(=O)O)CC1NS2(=O)=O. The number of anilines is 1. The summed E-state index contributed by atoms with van der Waals surface area (Å²) in [6, 6.07) is 4.47. The Bertz CT molecular complexity index is 1270. The predicted octanol–water partition coefficient (Wildman–Crippen LogP) is 0.937. The molecule has 0 aliphatic carbocycles. The van der Waals surface area contributed by atoms with Crippen molar-refractivity contribution in [1.82, 2.24) is 14.2 Å². The zero-order valence-corrected chi connectivity index (χ0v) is 17.5. The Labute approximate surface area is 182 Å². The standard InChI is InChI=1S/C19H18FN5O6S/c1-24-8-15-17(16(24)18(26)22-12-2-3-13(20)10(4-12)5-21)31-9-11-6-25(19(27)28)7-14(11)23-32(15,29)30/h2-4,8,11,14,23H,6-7,9H2,1H3,(H,22,26)(H,27,28). The van der Waals surface area contributed by atoms with Crippen LogP contribution in [-0.4, -0.2) is 60.7 Å². The van der Waals surface area contributed by atoms with Gasteiger partial charge in [0.2, 0.25) is 10.0 Å². The number of aryl methyl sites for hydroxylation is 1. The molecule has 3 heterocycles. The zero-order valence-electron chi connectivity index (χ0n) is 16.7. The van der Waals surface area contributed by atoms with E-state index in [2.05, 4.69) is 10.0 Å². The second-order valence-electron chi connectivity index (χ2n) is 7.53. The second-order valence-corrected chi connectivity index (χ2v) is 9.21. The third-order valence-electron chi connectivity index (χ3n) is 5.41. The first-order valence-corrected chi connectivity index (χ1v) is 10.9. The number of rotatable bonds is 2. The third kappa shape index (κ3) is 3.74. The van der Waals surface area contributed by atoms with Gasteiger partial charge in [-0.2, -0.15) is 5.26 Å². The number of carbonyl (C=O) groups excluding carboxylic acids is 1. The Morgan fingerprint density at radius 2 is 2.12 bits per heavy atom. The van der Waals surface area contributed by atoms with Gasteiger partial charge in [-0.3, -0.25) is 4.79 Å². The lowest BCUT2D eigenvalue weighted by Gasteiger charge is -2.23. The zero-order chi connectivity index (χ0) is 23.2. The van der Waals surface area contributed by atoms with Crippen molar-refractivity contribution < 1.29 is 32.2 Å². The number of carboxylic acid groups (broad SMARTS) is 1. The number of sulfonamides is 1. The molecule has 2 aromatic rings. The Balaban J connectivity index is 1.67. The van der Waals surface area contributed by atoms with Crippen LogP contribution in [0, 0.1) is 23.1 Å². The average Bonchev–Trinajstić information content (AvgIpc) is 3.27. The van der Waals surface area contributed by atoms with Crippen molar-refractivity contribution in [2.75, 3.05) is 25.0 Å². The number of benzene rings is 1. The molecule has 168 valence electrons. The highest BCUT2D eigenvalue weighted by atomic mass is 32.2. The van der Waals surface area contributed by atoms with Gasteiger partial charge in [0.1, 0.15) is 16.8 Å². The summed E-state index contributed by atoms with van der Waals surface area (Å²) < 4.78 is 49.0. The van der Waals surface area contributed by atoms with Crippen LogP contribution < -0.4 is 14.8 Å². The predicted molar refractivity (Wildman–Crippen MR) is 107 cm³/mol. The molecule has 0 spiro atoms. The summed E-state index contributed by atoms with van der Waals surface area (Å²) in [5.74, 6) is -2.08. The topological polar surface area (TPSA) is 154 Å². The molecule has 13 heteroatoms. The minimum Gasteiger partial charge on any atom is -0.489 e. The number of nitrogens with zero attached hydrogens (tertiary/aromatic N) is 3. The molecule has 11 nitrogen and oxygen atoms in total. The number of amides is 2. The van der Waals surface area contributed by atoms with Gasteiger partial charge < -0.3 is 24.6 Å². The Morgan fingerprint density at radius 3 is 2.81 bits per heavy atom. The molecule has 1 aromatic carbocycles. The Kier molecular flexibility index (Phi) is 5.27. The summed E-state index contributed by atoms with van der Waals surface area (Å²) in [5, 5.41) is 20.7. The average molecular weight is 463 g/mol. The fourth-order valence-corrected chi connectivity index (χ4v) is 5.32. The Morgan fingerprint density at radius 1 is 1.38 bits per heavy atom. The van der Waals surface area contributed by atoms with Crippen LogP contribution in [0.3, 0.4) is 0 Å². The number of halogens is 1. The highest BCUT2D eigenvalue weighted by Crippen LogP contribution is 2.34. The first kappa shape index (κ1) is 21.6. The Hall–Kier alpha value is -3.63. The fourth-order valence-electron chi connectivity index (χ4n) is 3.83. The van der Waals surface area contributed by atoms with Gasteiger partial charge in [0, 0.05) is 44.0 Å². The molecule has 1 aromatic heterocycles. The van der Waals surface area contributed by atoms with Crippen LogP contribution >= 0.6 is 0 Å². The third-order valence-corrected chi connectivity index (χ3v) is 6.89. The lowest BCUT2D eigenvalue weighted by atomic mass is 10.1. The number of nitriles is 1. The summed E-state index contributed by atoms with van der Waals surface area (Å²) >= 11 is 0. The molecule has 2 unspecified atom stereocenters. The van der Waals surface area contributed by atoms with Crippen molar-refractivity contribution in [2.24, 2.45) is 13.0 Å². The molecule has 2 atom stereocenters. The van der Waals surface area contributed by atoms with Gasteiger partial charge in [-0.05, 0) is 18.2 Å². The molecule has 2 aliphatic rings. The number of aromatic nitrogens is 1. The van der Waals surface area contributed by atoms with E-state index in [0.29, 0.717) is 0 Å². The number of ether oxygens (including phenoxy) is 1. The first-order valence-electron chi connectivity index (χ1n) is 9.44. The number of hydrogen-bond donors (Lipinski definition) is 3. The summed E-state index contributed by atoms with van der Waals surface area (Å²) in [4.78, 5) is 25.1. The van der Waals surface area contributed by atoms with Gasteiger partial charge in [0.15, 0.2) is 11.4 Å². The number of likely N-dealkylation sites (tertiary alicyclic amines) is 1. The molecular formula is C19H18FN5O6S. The van der Waals surface area contributed by atoms with Crippen LogP contribution in [0.15, 0.2) is 29.3 Å². The van der Waals surface area contributed by atoms with E-state index in [4.69, 9.17) is 10.00 Å². The van der Waals surface area contributed by atoms with E-state index in [1.165, 1.54) is 23.9 Å². The van der Waals surface area contributed by atoms with Crippen LogP contribution in [-0.2, 0) is 17.1 Å². The molecule has 0 saturated carbocycles. The van der Waals surface area contributed by atoms with E-state index in [1.54, 1.807) is 6.07 Å². The normalized spacial score (nSPS) is 21.3. The summed E-state index contributed by atoms with van der Waals surface area (Å²) in [6.07, 6.45) is 0.0627. The lowest BCUT2D eigenvalue weighted by Crippen LogP contribution is -2.43. The highest BCUT2D eigenvalue weighted by molar-refractivity contribution is 7.89. The smallest absolute Gasteiger partial charge is 0.407 e. The number of fused-ring (bicyclic) bond motifs is 2. The molecule has 1 fully saturated rings. The summed E-state index contributed by atoms with van der Waals surface area (Å²) in [7, 11) is -2.65. The molecule has 1 saturated heterocycles. The van der Waals surface area contributed by atoms with E-state index >= 15 is 0 Å². The van der Waals surface area contributed by atoms with Gasteiger partial charge in [0.05, 0.1) is 12.2 Å². The molecule has 2 aliphatic heterocycles. The summed E-state index contributed by atoms with van der Waals surface area (Å²) in [6.45, 7) is 0.0615. The first-order chi connectivity index (χ1) is 15.1. The molecule has 3 N–H and O–H groups in total. The van der Waals surface area contributed by atoms with Crippen molar-refractivity contribution in [3.05, 3.63) is 41.5 Å². The maximum atomic E-state index is 13.6. The maximum absolute atomic E-state index is 13.6. The van der Waals surface area contributed by atoms with Gasteiger partial charge >= 0.3 is 6.09 Å². The van der Waals surface area contributed by atoms with Crippen LogP contribution in [0.2, 0.25) is 0 Å². The number of nitrogens with one attached hydrogen (secondary N) is 2. The van der Waals surface area contributed by atoms with Crippen molar-refractivity contribution in [3.63, 3.8) is 0 Å². The molecule has 0 radical (unpaired) electrons.